The number of para-hydroxylation sites is 1. The first-order valence-electron chi connectivity index (χ1n) is 11.5. The minimum absolute atomic E-state index is 0.0210. The number of carbonyl (C=O) groups is 2. The summed E-state index contributed by atoms with van der Waals surface area (Å²) < 4.78 is 2.15. The van der Waals surface area contributed by atoms with Gasteiger partial charge in [0.1, 0.15) is 0 Å². The van der Waals surface area contributed by atoms with E-state index in [1.807, 2.05) is 61.2 Å². The van der Waals surface area contributed by atoms with Crippen molar-refractivity contribution < 1.29 is 9.59 Å². The molecule has 0 radical (unpaired) electrons. The molecule has 2 amide bonds. The predicted molar refractivity (Wildman–Crippen MR) is 136 cm³/mol. The third-order valence-electron chi connectivity index (χ3n) is 6.52. The highest BCUT2D eigenvalue weighted by Crippen LogP contribution is 2.29. The molecule has 0 fully saturated rings. The van der Waals surface area contributed by atoms with E-state index in [0.29, 0.717) is 23.4 Å². The number of aryl methyl sites for hydroxylation is 1. The Morgan fingerprint density at radius 2 is 1.59 bits per heavy atom. The topological polar surface area (TPSA) is 54.3 Å². The molecule has 5 nitrogen and oxygen atoms in total. The maximum absolute atomic E-state index is 13.0. The molecule has 1 aliphatic rings. The molecule has 5 rings (SSSR count). The van der Waals surface area contributed by atoms with E-state index in [-0.39, 0.29) is 11.8 Å². The fraction of sp³-hybridized carbons (Fsp3) is 0.172. The highest BCUT2D eigenvalue weighted by atomic mass is 16.2. The monoisotopic (exact) mass is 449 g/mol. The van der Waals surface area contributed by atoms with E-state index in [9.17, 15) is 9.59 Å². The van der Waals surface area contributed by atoms with E-state index in [2.05, 4.69) is 28.1 Å². The second kappa shape index (κ2) is 9.02. The smallest absolute Gasteiger partial charge is 0.258 e. The Labute approximate surface area is 199 Å². The summed E-state index contributed by atoms with van der Waals surface area (Å²) in [6.07, 6.45) is 0.874. The molecular formula is C29H27N3O2. The van der Waals surface area contributed by atoms with Gasteiger partial charge in [0.15, 0.2) is 0 Å². The first kappa shape index (κ1) is 21.7. The van der Waals surface area contributed by atoms with Crippen molar-refractivity contribution in [2.24, 2.45) is 0 Å². The second-order valence-corrected chi connectivity index (χ2v) is 8.72. The highest BCUT2D eigenvalue weighted by molar-refractivity contribution is 6.08. The molecular weight excluding hydrogens is 422 g/mol. The third kappa shape index (κ3) is 4.13. The Hall–Kier alpha value is -4.12. The van der Waals surface area contributed by atoms with Crippen LogP contribution in [0.4, 0.5) is 11.4 Å². The molecule has 170 valence electrons. The molecule has 0 saturated carbocycles. The zero-order valence-corrected chi connectivity index (χ0v) is 19.4. The van der Waals surface area contributed by atoms with Crippen LogP contribution in [0, 0.1) is 13.8 Å². The van der Waals surface area contributed by atoms with Crippen molar-refractivity contribution in [1.82, 2.24) is 4.57 Å². The van der Waals surface area contributed by atoms with E-state index < -0.39 is 0 Å². The average molecular weight is 450 g/mol. The number of nitrogens with zero attached hydrogens (tertiary/aromatic N) is 2. The summed E-state index contributed by atoms with van der Waals surface area (Å²) in [4.78, 5) is 27.9. The van der Waals surface area contributed by atoms with Gasteiger partial charge in [-0.2, -0.15) is 0 Å². The summed E-state index contributed by atoms with van der Waals surface area (Å²) in [6, 6.07) is 27.3. The van der Waals surface area contributed by atoms with Crippen LogP contribution in [-0.4, -0.2) is 22.9 Å². The van der Waals surface area contributed by atoms with E-state index in [0.717, 1.165) is 30.0 Å². The zero-order chi connectivity index (χ0) is 23.7. The van der Waals surface area contributed by atoms with Crippen LogP contribution >= 0.6 is 0 Å². The lowest BCUT2D eigenvalue weighted by Crippen LogP contribution is -2.28. The number of rotatable bonds is 5. The summed E-state index contributed by atoms with van der Waals surface area (Å²) >= 11 is 0. The number of hydrogen-bond acceptors (Lipinski definition) is 2. The summed E-state index contributed by atoms with van der Waals surface area (Å²) in [6.45, 7) is 5.40. The first-order valence-corrected chi connectivity index (χ1v) is 11.5. The molecule has 1 aliphatic heterocycles. The summed E-state index contributed by atoms with van der Waals surface area (Å²) in [7, 11) is 0. The maximum Gasteiger partial charge on any atom is 0.258 e. The Morgan fingerprint density at radius 3 is 2.35 bits per heavy atom. The summed E-state index contributed by atoms with van der Waals surface area (Å²) in [5.41, 5.74) is 7.27. The van der Waals surface area contributed by atoms with Crippen molar-refractivity contribution in [3.8, 4) is 0 Å². The van der Waals surface area contributed by atoms with E-state index in [1.165, 1.54) is 11.1 Å². The number of amides is 2. The normalized spacial score (nSPS) is 12.5. The molecule has 34 heavy (non-hydrogen) atoms. The fourth-order valence-corrected chi connectivity index (χ4v) is 4.64. The number of carbonyl (C=O) groups excluding carboxylic acids is 2. The molecule has 4 aromatic rings. The number of anilines is 2. The van der Waals surface area contributed by atoms with E-state index in [4.69, 9.17) is 0 Å². The molecule has 0 unspecified atom stereocenters. The number of fused-ring (bicyclic) bond motifs is 1. The minimum atomic E-state index is -0.153. The van der Waals surface area contributed by atoms with Crippen LogP contribution in [0.15, 0.2) is 84.9 Å². The fourth-order valence-electron chi connectivity index (χ4n) is 4.64. The molecule has 2 heterocycles. The van der Waals surface area contributed by atoms with Crippen LogP contribution in [0.25, 0.3) is 0 Å². The Kier molecular flexibility index (Phi) is 5.76. The van der Waals surface area contributed by atoms with Gasteiger partial charge in [-0.3, -0.25) is 9.59 Å². The molecule has 5 heteroatoms. The lowest BCUT2D eigenvalue weighted by molar-refractivity contribution is 0.0988. The molecule has 3 aromatic carbocycles. The summed E-state index contributed by atoms with van der Waals surface area (Å²) in [5.74, 6) is -0.174. The number of benzene rings is 3. The van der Waals surface area contributed by atoms with Gasteiger partial charge in [0.2, 0.25) is 0 Å². The van der Waals surface area contributed by atoms with Crippen molar-refractivity contribution in [1.29, 1.82) is 0 Å². The van der Waals surface area contributed by atoms with Crippen molar-refractivity contribution in [3.63, 3.8) is 0 Å². The molecule has 0 bridgehead atoms. The zero-order valence-electron chi connectivity index (χ0n) is 19.4. The SMILES string of the molecule is Cc1cc(C(=O)Nc2ccc(C(=O)N3CCc4ccccc43)cc2)c(C)n1Cc1ccccc1. The second-order valence-electron chi connectivity index (χ2n) is 8.72. The molecule has 1 aromatic heterocycles. The van der Waals surface area contributed by atoms with Gasteiger partial charge in [0, 0.05) is 41.4 Å². The van der Waals surface area contributed by atoms with Gasteiger partial charge in [0.05, 0.1) is 5.56 Å². The van der Waals surface area contributed by atoms with Crippen LogP contribution in [0.1, 0.15) is 43.2 Å². The van der Waals surface area contributed by atoms with E-state index in [1.54, 1.807) is 24.3 Å². The first-order chi connectivity index (χ1) is 16.5. The van der Waals surface area contributed by atoms with Gasteiger partial charge in [-0.25, -0.2) is 0 Å². The van der Waals surface area contributed by atoms with Crippen LogP contribution in [-0.2, 0) is 13.0 Å². The quantitative estimate of drug-likeness (QED) is 0.431. The molecule has 0 spiro atoms. The molecule has 0 saturated heterocycles. The molecule has 1 N–H and O–H groups in total. The van der Waals surface area contributed by atoms with Crippen molar-refractivity contribution in [2.45, 2.75) is 26.8 Å². The largest absolute Gasteiger partial charge is 0.344 e. The lowest BCUT2D eigenvalue weighted by Gasteiger charge is -2.17. The van der Waals surface area contributed by atoms with Crippen LogP contribution in [0.2, 0.25) is 0 Å². The van der Waals surface area contributed by atoms with Crippen LogP contribution in [0.3, 0.4) is 0 Å². The van der Waals surface area contributed by atoms with Crippen molar-refractivity contribution >= 4 is 23.2 Å². The maximum atomic E-state index is 13.0. The number of nitrogens with one attached hydrogen (secondary N) is 1. The Morgan fingerprint density at radius 1 is 0.882 bits per heavy atom. The minimum Gasteiger partial charge on any atom is -0.344 e. The van der Waals surface area contributed by atoms with Gasteiger partial charge in [-0.1, -0.05) is 48.5 Å². The van der Waals surface area contributed by atoms with Crippen LogP contribution < -0.4 is 10.2 Å². The molecule has 0 aliphatic carbocycles. The van der Waals surface area contributed by atoms with Crippen molar-refractivity contribution in [2.75, 3.05) is 16.8 Å². The van der Waals surface area contributed by atoms with Gasteiger partial charge in [0.25, 0.3) is 11.8 Å². The van der Waals surface area contributed by atoms with Gasteiger partial charge < -0.3 is 14.8 Å². The van der Waals surface area contributed by atoms with Gasteiger partial charge in [-0.15, -0.1) is 0 Å². The predicted octanol–water partition coefficient (Wildman–Crippen LogP) is 5.61. The Bertz CT molecular complexity index is 1350. The summed E-state index contributed by atoms with van der Waals surface area (Å²) in [5, 5.41) is 2.98. The Balaban J connectivity index is 1.29. The lowest BCUT2D eigenvalue weighted by atomic mass is 10.1. The standard InChI is InChI=1S/C29H27N3O2/c1-20-18-26(21(2)32(20)19-22-8-4-3-5-9-22)28(33)30-25-14-12-24(13-15-25)29(34)31-17-16-23-10-6-7-11-27(23)31/h3-15,18H,16-17,19H2,1-2H3,(H,30,33). The van der Waals surface area contributed by atoms with Crippen LogP contribution in [0.5, 0.6) is 0 Å². The average Bonchev–Trinajstić information content (AvgIpc) is 3.41. The van der Waals surface area contributed by atoms with Crippen molar-refractivity contribution in [3.05, 3.63) is 119 Å². The molecule has 0 atom stereocenters. The van der Waals surface area contributed by atoms with E-state index >= 15 is 0 Å². The number of hydrogen-bond donors (Lipinski definition) is 1. The van der Waals surface area contributed by atoms with Gasteiger partial charge >= 0.3 is 0 Å². The number of aromatic nitrogens is 1. The van der Waals surface area contributed by atoms with Gasteiger partial charge in [-0.05, 0) is 67.8 Å². The highest BCUT2D eigenvalue weighted by Gasteiger charge is 2.25. The third-order valence-corrected chi connectivity index (χ3v) is 6.52.